The molecule has 0 saturated carbocycles. The van der Waals surface area contributed by atoms with E-state index in [0.717, 1.165) is 43.1 Å². The summed E-state index contributed by atoms with van der Waals surface area (Å²) in [6, 6.07) is 10.4. The van der Waals surface area contributed by atoms with E-state index in [-0.39, 0.29) is 0 Å². The van der Waals surface area contributed by atoms with Gasteiger partial charge in [-0.25, -0.2) is 4.98 Å². The van der Waals surface area contributed by atoms with E-state index >= 15 is 0 Å². The average Bonchev–Trinajstić information content (AvgIpc) is 2.74. The first-order valence-electron chi connectivity index (χ1n) is 7.13. The molecule has 0 aliphatic carbocycles. The molecule has 2 aromatic rings. The third kappa shape index (κ3) is 3.16. The van der Waals surface area contributed by atoms with Gasteiger partial charge < -0.3 is 10.3 Å². The molecule has 0 amide bonds. The first kappa shape index (κ1) is 13.7. The van der Waals surface area contributed by atoms with Crippen LogP contribution < -0.4 is 5.73 Å². The van der Waals surface area contributed by atoms with Crippen molar-refractivity contribution in [2.45, 2.75) is 46.1 Å². The monoisotopic (exact) mass is 257 g/mol. The van der Waals surface area contributed by atoms with Gasteiger partial charge in [-0.05, 0) is 18.4 Å². The highest BCUT2D eigenvalue weighted by Gasteiger charge is 2.13. The van der Waals surface area contributed by atoms with Gasteiger partial charge in [0.2, 0.25) is 0 Å². The van der Waals surface area contributed by atoms with Crippen molar-refractivity contribution in [3.05, 3.63) is 47.4 Å². The van der Waals surface area contributed by atoms with Crippen LogP contribution in [0.4, 0.5) is 5.82 Å². The summed E-state index contributed by atoms with van der Waals surface area (Å²) in [4.78, 5) is 4.70. The number of aromatic nitrogens is 2. The molecule has 0 saturated heterocycles. The van der Waals surface area contributed by atoms with Crippen LogP contribution in [-0.2, 0) is 19.4 Å². The second-order valence-electron chi connectivity index (χ2n) is 4.89. The summed E-state index contributed by atoms with van der Waals surface area (Å²) in [5, 5.41) is 0. The number of rotatable bonds is 6. The normalized spacial score (nSPS) is 10.8. The Morgan fingerprint density at radius 1 is 1.16 bits per heavy atom. The van der Waals surface area contributed by atoms with E-state index in [4.69, 9.17) is 10.7 Å². The molecule has 2 N–H and O–H groups in total. The molecule has 2 rings (SSSR count). The van der Waals surface area contributed by atoms with E-state index in [1.54, 1.807) is 0 Å². The highest BCUT2D eigenvalue weighted by atomic mass is 15.1. The van der Waals surface area contributed by atoms with E-state index in [2.05, 4.69) is 42.7 Å². The summed E-state index contributed by atoms with van der Waals surface area (Å²) in [5.74, 6) is 1.93. The maximum atomic E-state index is 6.27. The summed E-state index contributed by atoms with van der Waals surface area (Å²) in [6.45, 7) is 5.14. The number of anilines is 1. The lowest BCUT2D eigenvalue weighted by Gasteiger charge is -2.09. The predicted octanol–water partition coefficient (Wildman–Crippen LogP) is 3.42. The molecule has 0 spiro atoms. The molecule has 19 heavy (non-hydrogen) atoms. The number of unbranched alkanes of at least 4 members (excludes halogenated alkanes) is 1. The second kappa shape index (κ2) is 6.41. The Morgan fingerprint density at radius 3 is 2.53 bits per heavy atom. The third-order valence-corrected chi connectivity index (χ3v) is 3.43. The molecule has 0 fully saturated rings. The highest BCUT2D eigenvalue weighted by molar-refractivity contribution is 5.39. The molecule has 0 radical (unpaired) electrons. The van der Waals surface area contributed by atoms with Crippen LogP contribution >= 0.6 is 0 Å². The van der Waals surface area contributed by atoms with Gasteiger partial charge in [0.1, 0.15) is 11.6 Å². The molecule has 0 atom stereocenters. The Morgan fingerprint density at radius 2 is 1.89 bits per heavy atom. The van der Waals surface area contributed by atoms with Crippen LogP contribution in [0.15, 0.2) is 30.3 Å². The van der Waals surface area contributed by atoms with Crippen LogP contribution in [0, 0.1) is 0 Å². The summed E-state index contributed by atoms with van der Waals surface area (Å²) in [7, 11) is 0. The van der Waals surface area contributed by atoms with Crippen molar-refractivity contribution in [3.63, 3.8) is 0 Å². The van der Waals surface area contributed by atoms with Gasteiger partial charge in [0.15, 0.2) is 0 Å². The molecular formula is C16H23N3. The molecule has 1 aromatic carbocycles. The zero-order chi connectivity index (χ0) is 13.7. The van der Waals surface area contributed by atoms with Crippen LogP contribution in [0.25, 0.3) is 0 Å². The van der Waals surface area contributed by atoms with Crippen molar-refractivity contribution >= 4 is 5.82 Å². The minimum atomic E-state index is 0.814. The van der Waals surface area contributed by atoms with Gasteiger partial charge in [0.25, 0.3) is 0 Å². The van der Waals surface area contributed by atoms with Crippen LogP contribution in [0.3, 0.4) is 0 Å². The van der Waals surface area contributed by atoms with Crippen LogP contribution in [0.2, 0.25) is 0 Å². The van der Waals surface area contributed by atoms with Crippen molar-refractivity contribution in [2.75, 3.05) is 5.73 Å². The number of nitrogens with zero attached hydrogens (tertiary/aromatic N) is 2. The minimum Gasteiger partial charge on any atom is -0.384 e. The maximum Gasteiger partial charge on any atom is 0.127 e. The van der Waals surface area contributed by atoms with Gasteiger partial charge in [0.05, 0.1) is 12.2 Å². The van der Waals surface area contributed by atoms with E-state index in [0.29, 0.717) is 0 Å². The lowest BCUT2D eigenvalue weighted by Crippen LogP contribution is -2.08. The second-order valence-corrected chi connectivity index (χ2v) is 4.89. The van der Waals surface area contributed by atoms with Gasteiger partial charge in [-0.3, -0.25) is 0 Å². The van der Waals surface area contributed by atoms with E-state index < -0.39 is 0 Å². The van der Waals surface area contributed by atoms with E-state index in [9.17, 15) is 0 Å². The van der Waals surface area contributed by atoms with Gasteiger partial charge in [-0.2, -0.15) is 0 Å². The maximum absolute atomic E-state index is 6.27. The van der Waals surface area contributed by atoms with Crippen LogP contribution in [0.5, 0.6) is 0 Å². The number of aryl methyl sites for hydroxylation is 2. The summed E-state index contributed by atoms with van der Waals surface area (Å²) in [6.07, 6.45) is 4.22. The van der Waals surface area contributed by atoms with Crippen LogP contribution in [-0.4, -0.2) is 9.55 Å². The van der Waals surface area contributed by atoms with Gasteiger partial charge >= 0.3 is 0 Å². The largest absolute Gasteiger partial charge is 0.384 e. The zero-order valence-electron chi connectivity index (χ0n) is 11.9. The van der Waals surface area contributed by atoms with Crippen molar-refractivity contribution in [3.8, 4) is 0 Å². The van der Waals surface area contributed by atoms with E-state index in [1.165, 1.54) is 12.0 Å². The number of nitrogens with two attached hydrogens (primary N) is 1. The Balaban J connectivity index is 2.25. The first-order valence-corrected chi connectivity index (χ1v) is 7.13. The molecule has 1 aromatic heterocycles. The number of hydrogen-bond acceptors (Lipinski definition) is 2. The molecule has 0 bridgehead atoms. The Kier molecular flexibility index (Phi) is 4.61. The topological polar surface area (TPSA) is 43.8 Å². The molecular weight excluding hydrogens is 234 g/mol. The molecule has 3 heteroatoms. The summed E-state index contributed by atoms with van der Waals surface area (Å²) in [5.41, 5.74) is 8.60. The fraction of sp³-hybridized carbons (Fsp3) is 0.438. The fourth-order valence-electron chi connectivity index (χ4n) is 2.31. The van der Waals surface area contributed by atoms with Gasteiger partial charge in [-0.15, -0.1) is 0 Å². The Hall–Kier alpha value is -1.77. The van der Waals surface area contributed by atoms with Crippen LogP contribution in [0.1, 0.15) is 43.8 Å². The minimum absolute atomic E-state index is 0.814. The fourth-order valence-corrected chi connectivity index (χ4v) is 2.31. The number of hydrogen-bond donors (Lipinski definition) is 1. The number of imidazole rings is 1. The lowest BCUT2D eigenvalue weighted by atomic mass is 10.2. The number of benzene rings is 1. The smallest absolute Gasteiger partial charge is 0.127 e. The summed E-state index contributed by atoms with van der Waals surface area (Å²) < 4.78 is 2.15. The van der Waals surface area contributed by atoms with Crippen molar-refractivity contribution in [2.24, 2.45) is 0 Å². The molecule has 102 valence electrons. The Bertz CT molecular complexity index is 514. The molecule has 1 heterocycles. The van der Waals surface area contributed by atoms with Crippen molar-refractivity contribution in [1.29, 1.82) is 0 Å². The zero-order valence-corrected chi connectivity index (χ0v) is 11.9. The summed E-state index contributed by atoms with van der Waals surface area (Å²) >= 11 is 0. The SMILES string of the molecule is CCCCc1nc(CC)n(Cc2ccccc2)c1N. The number of nitrogen functional groups attached to an aromatic ring is 1. The first-order chi connectivity index (χ1) is 9.26. The average molecular weight is 257 g/mol. The Labute approximate surface area is 115 Å². The molecule has 0 aliphatic rings. The highest BCUT2D eigenvalue weighted by Crippen LogP contribution is 2.19. The molecule has 0 unspecified atom stereocenters. The van der Waals surface area contributed by atoms with Crippen molar-refractivity contribution in [1.82, 2.24) is 9.55 Å². The van der Waals surface area contributed by atoms with Crippen molar-refractivity contribution < 1.29 is 0 Å². The quantitative estimate of drug-likeness (QED) is 0.861. The molecule has 3 nitrogen and oxygen atoms in total. The third-order valence-electron chi connectivity index (χ3n) is 3.43. The molecule has 0 aliphatic heterocycles. The predicted molar refractivity (Wildman–Crippen MR) is 80.2 cm³/mol. The van der Waals surface area contributed by atoms with Gasteiger partial charge in [0, 0.05) is 6.42 Å². The van der Waals surface area contributed by atoms with E-state index in [1.807, 2.05) is 6.07 Å². The standard InChI is InChI=1S/C16H23N3/c1-3-5-11-14-16(17)19(15(4-2)18-14)12-13-9-7-6-8-10-13/h6-10H,3-5,11-12,17H2,1-2H3. The van der Waals surface area contributed by atoms with Gasteiger partial charge in [-0.1, -0.05) is 50.6 Å². The lowest BCUT2D eigenvalue weighted by molar-refractivity contribution is 0.740.